The summed E-state index contributed by atoms with van der Waals surface area (Å²) in [6.45, 7) is 2.04. The number of ether oxygens (including phenoxy) is 1. The normalized spacial score (nSPS) is 15.1. The van der Waals surface area contributed by atoms with Crippen LogP contribution in [-0.4, -0.2) is 25.0 Å². The zero-order valence-corrected chi connectivity index (χ0v) is 10.0. The van der Waals surface area contributed by atoms with Crippen LogP contribution in [0.15, 0.2) is 18.2 Å². The third-order valence-electron chi connectivity index (χ3n) is 2.68. The molecule has 1 aliphatic rings. The molecule has 0 spiro atoms. The fraction of sp³-hybridized carbons (Fsp3) is 0.333. The molecule has 1 atom stereocenters. The summed E-state index contributed by atoms with van der Waals surface area (Å²) in [5.41, 5.74) is 6.65. The van der Waals surface area contributed by atoms with Crippen molar-refractivity contribution in [2.24, 2.45) is 11.7 Å². The van der Waals surface area contributed by atoms with E-state index in [1.165, 1.54) is 0 Å². The van der Waals surface area contributed by atoms with Crippen molar-refractivity contribution in [3.05, 3.63) is 18.2 Å². The highest BCUT2D eigenvalue weighted by Crippen LogP contribution is 2.30. The molecule has 0 bridgehead atoms. The maximum Gasteiger partial charge on any atom is 0.262 e. The van der Waals surface area contributed by atoms with Gasteiger partial charge in [-0.1, -0.05) is 6.92 Å². The fourth-order valence-corrected chi connectivity index (χ4v) is 1.52. The van der Waals surface area contributed by atoms with Gasteiger partial charge in [0.25, 0.3) is 5.91 Å². The van der Waals surface area contributed by atoms with Crippen LogP contribution in [-0.2, 0) is 9.59 Å². The van der Waals surface area contributed by atoms with Gasteiger partial charge in [0.15, 0.2) is 6.61 Å². The fourth-order valence-electron chi connectivity index (χ4n) is 1.52. The van der Waals surface area contributed by atoms with E-state index in [1.807, 2.05) is 0 Å². The van der Waals surface area contributed by atoms with E-state index in [1.54, 1.807) is 25.1 Å². The summed E-state index contributed by atoms with van der Waals surface area (Å²) >= 11 is 0. The molecule has 0 aromatic heterocycles. The minimum Gasteiger partial charge on any atom is -0.482 e. The molecule has 4 N–H and O–H groups in total. The van der Waals surface area contributed by atoms with Gasteiger partial charge in [-0.25, -0.2) is 0 Å². The Morgan fingerprint density at radius 2 is 2.39 bits per heavy atom. The van der Waals surface area contributed by atoms with Crippen molar-refractivity contribution < 1.29 is 14.3 Å². The molecular formula is C12H15N3O3. The first-order valence-electron chi connectivity index (χ1n) is 5.68. The quantitative estimate of drug-likeness (QED) is 0.729. The van der Waals surface area contributed by atoms with Gasteiger partial charge >= 0.3 is 0 Å². The van der Waals surface area contributed by atoms with Gasteiger partial charge in [0.1, 0.15) is 5.75 Å². The number of carbonyl (C=O) groups is 2. The van der Waals surface area contributed by atoms with E-state index < -0.39 is 0 Å². The number of carbonyl (C=O) groups excluding carboxylic acids is 2. The maximum atomic E-state index is 11.7. The van der Waals surface area contributed by atoms with E-state index in [9.17, 15) is 9.59 Å². The van der Waals surface area contributed by atoms with E-state index in [0.29, 0.717) is 23.7 Å². The molecule has 0 saturated heterocycles. The zero-order valence-electron chi connectivity index (χ0n) is 10.0. The molecule has 1 unspecified atom stereocenters. The van der Waals surface area contributed by atoms with Crippen molar-refractivity contribution in [1.82, 2.24) is 0 Å². The average molecular weight is 249 g/mol. The summed E-state index contributed by atoms with van der Waals surface area (Å²) in [5.74, 6) is -0.0252. The molecule has 2 amide bonds. The molecular weight excluding hydrogens is 234 g/mol. The molecule has 0 radical (unpaired) electrons. The zero-order chi connectivity index (χ0) is 13.1. The second-order valence-corrected chi connectivity index (χ2v) is 4.17. The van der Waals surface area contributed by atoms with Crippen molar-refractivity contribution >= 4 is 23.2 Å². The number of hydrogen-bond acceptors (Lipinski definition) is 4. The molecule has 1 heterocycles. The van der Waals surface area contributed by atoms with Crippen LogP contribution in [0, 0.1) is 5.92 Å². The van der Waals surface area contributed by atoms with Crippen molar-refractivity contribution in [3.8, 4) is 5.75 Å². The highest BCUT2D eigenvalue weighted by molar-refractivity contribution is 5.97. The monoisotopic (exact) mass is 249 g/mol. The molecule has 1 aliphatic heterocycles. The highest BCUT2D eigenvalue weighted by atomic mass is 16.5. The Kier molecular flexibility index (Phi) is 3.47. The van der Waals surface area contributed by atoms with E-state index in [2.05, 4.69) is 10.6 Å². The Balaban J connectivity index is 2.12. The van der Waals surface area contributed by atoms with Gasteiger partial charge in [-0.15, -0.1) is 0 Å². The lowest BCUT2D eigenvalue weighted by molar-refractivity contribution is -0.119. The van der Waals surface area contributed by atoms with Crippen LogP contribution >= 0.6 is 0 Å². The van der Waals surface area contributed by atoms with E-state index in [4.69, 9.17) is 10.5 Å². The van der Waals surface area contributed by atoms with Gasteiger partial charge in [-0.05, 0) is 12.1 Å². The Morgan fingerprint density at radius 3 is 3.11 bits per heavy atom. The molecule has 2 rings (SSSR count). The van der Waals surface area contributed by atoms with Crippen LogP contribution < -0.4 is 21.1 Å². The van der Waals surface area contributed by atoms with Crippen molar-refractivity contribution in [2.45, 2.75) is 6.92 Å². The number of anilines is 2. The SMILES string of the molecule is CC(CN)C(=O)Nc1ccc2c(c1)OCC(=O)N2. The third kappa shape index (κ3) is 2.60. The second kappa shape index (κ2) is 5.05. The number of nitrogens with two attached hydrogens (primary N) is 1. The van der Waals surface area contributed by atoms with Crippen molar-refractivity contribution in [2.75, 3.05) is 23.8 Å². The highest BCUT2D eigenvalue weighted by Gasteiger charge is 2.17. The smallest absolute Gasteiger partial charge is 0.262 e. The minimum atomic E-state index is -0.248. The first-order valence-corrected chi connectivity index (χ1v) is 5.68. The minimum absolute atomic E-state index is 0.0103. The Hall–Kier alpha value is -2.08. The van der Waals surface area contributed by atoms with Gasteiger partial charge in [0.2, 0.25) is 5.91 Å². The molecule has 0 fully saturated rings. The standard InChI is InChI=1S/C12H15N3O3/c1-7(5-13)12(17)14-8-2-3-9-10(4-8)18-6-11(16)15-9/h2-4,7H,5-6,13H2,1H3,(H,14,17)(H,15,16). The van der Waals surface area contributed by atoms with Crippen LogP contribution in [0.25, 0.3) is 0 Å². The van der Waals surface area contributed by atoms with Crippen LogP contribution in [0.2, 0.25) is 0 Å². The van der Waals surface area contributed by atoms with Gasteiger partial charge in [0.05, 0.1) is 5.69 Å². The number of rotatable bonds is 3. The van der Waals surface area contributed by atoms with Gasteiger partial charge in [-0.2, -0.15) is 0 Å². The van der Waals surface area contributed by atoms with Crippen LogP contribution in [0.5, 0.6) is 5.75 Å². The number of nitrogens with one attached hydrogen (secondary N) is 2. The van der Waals surface area contributed by atoms with Gasteiger partial charge < -0.3 is 21.1 Å². The molecule has 6 heteroatoms. The lowest BCUT2D eigenvalue weighted by atomic mass is 10.1. The molecule has 1 aromatic rings. The summed E-state index contributed by atoms with van der Waals surface area (Å²) < 4.78 is 5.26. The lowest BCUT2D eigenvalue weighted by Gasteiger charge is -2.19. The predicted molar refractivity (Wildman–Crippen MR) is 67.4 cm³/mol. The summed E-state index contributed by atoms with van der Waals surface area (Å²) in [6.07, 6.45) is 0. The summed E-state index contributed by atoms with van der Waals surface area (Å²) in [5, 5.41) is 5.42. The average Bonchev–Trinajstić information content (AvgIpc) is 2.38. The van der Waals surface area contributed by atoms with E-state index in [0.717, 1.165) is 0 Å². The van der Waals surface area contributed by atoms with E-state index in [-0.39, 0.29) is 24.3 Å². The number of hydrogen-bond donors (Lipinski definition) is 3. The van der Waals surface area contributed by atoms with E-state index >= 15 is 0 Å². The van der Waals surface area contributed by atoms with Crippen LogP contribution in [0.4, 0.5) is 11.4 Å². The molecule has 18 heavy (non-hydrogen) atoms. The second-order valence-electron chi connectivity index (χ2n) is 4.17. The first kappa shape index (κ1) is 12.4. The third-order valence-corrected chi connectivity index (χ3v) is 2.68. The summed E-state index contributed by atoms with van der Waals surface area (Å²) in [4.78, 5) is 22.8. The predicted octanol–water partition coefficient (Wildman–Crippen LogP) is 0.551. The molecule has 0 saturated carbocycles. The molecule has 6 nitrogen and oxygen atoms in total. The largest absolute Gasteiger partial charge is 0.482 e. The molecule has 0 aliphatic carbocycles. The first-order chi connectivity index (χ1) is 8.60. The van der Waals surface area contributed by atoms with Crippen LogP contribution in [0.3, 0.4) is 0 Å². The van der Waals surface area contributed by atoms with Crippen molar-refractivity contribution in [1.29, 1.82) is 0 Å². The van der Waals surface area contributed by atoms with Gasteiger partial charge in [0, 0.05) is 24.2 Å². The number of fused-ring (bicyclic) bond motifs is 1. The van der Waals surface area contributed by atoms with Crippen LogP contribution in [0.1, 0.15) is 6.92 Å². The molecule has 1 aromatic carbocycles. The number of amides is 2. The Labute approximate surface area is 104 Å². The van der Waals surface area contributed by atoms with Gasteiger partial charge in [-0.3, -0.25) is 9.59 Å². The summed E-state index contributed by atoms with van der Waals surface area (Å²) in [6, 6.07) is 5.07. The van der Waals surface area contributed by atoms with Crippen molar-refractivity contribution in [3.63, 3.8) is 0 Å². The Bertz CT molecular complexity index is 487. The summed E-state index contributed by atoms with van der Waals surface area (Å²) in [7, 11) is 0. The molecule has 96 valence electrons. The Morgan fingerprint density at radius 1 is 1.61 bits per heavy atom. The lowest BCUT2D eigenvalue weighted by Crippen LogP contribution is -2.27. The maximum absolute atomic E-state index is 11.7. The number of benzene rings is 1. The topological polar surface area (TPSA) is 93.5 Å².